The second-order valence-electron chi connectivity index (χ2n) is 9.57. The van der Waals surface area contributed by atoms with Gasteiger partial charge in [-0.3, -0.25) is 0 Å². The molecule has 0 bridgehead atoms. The van der Waals surface area contributed by atoms with Crippen molar-refractivity contribution < 1.29 is 14.3 Å². The van der Waals surface area contributed by atoms with Crippen molar-refractivity contribution in [2.45, 2.75) is 45.4 Å². The first-order valence-electron chi connectivity index (χ1n) is 11.7. The van der Waals surface area contributed by atoms with Crippen molar-refractivity contribution in [3.8, 4) is 0 Å². The van der Waals surface area contributed by atoms with Gasteiger partial charge >= 0.3 is 6.09 Å². The Bertz CT molecular complexity index is 990. The fourth-order valence-electron chi connectivity index (χ4n) is 4.03. The van der Waals surface area contributed by atoms with Crippen LogP contribution in [0.1, 0.15) is 33.6 Å². The number of carbonyl (C=O) groups is 1. The molecule has 1 N–H and O–H groups in total. The number of nitrogens with zero attached hydrogens (tertiary/aromatic N) is 5. The van der Waals surface area contributed by atoms with Crippen LogP contribution in [0.2, 0.25) is 0 Å². The van der Waals surface area contributed by atoms with Crippen LogP contribution in [-0.2, 0) is 9.47 Å². The van der Waals surface area contributed by atoms with Crippen molar-refractivity contribution in [1.29, 1.82) is 0 Å². The summed E-state index contributed by atoms with van der Waals surface area (Å²) in [6.07, 6.45) is 3.60. The molecule has 0 radical (unpaired) electrons. The maximum atomic E-state index is 12.3. The first kappa shape index (κ1) is 27.3. The molecule has 192 valence electrons. The molecule has 0 spiro atoms. The number of aromatic nitrogens is 2. The van der Waals surface area contributed by atoms with E-state index in [1.165, 1.54) is 0 Å². The molecule has 0 saturated carbocycles. The number of amides is 1. The lowest BCUT2D eigenvalue weighted by atomic mass is 10.2. The Balaban J connectivity index is 0.00000342. The number of rotatable bonds is 5. The zero-order valence-electron chi connectivity index (χ0n) is 20.7. The Morgan fingerprint density at radius 2 is 1.89 bits per heavy atom. The minimum absolute atomic E-state index is 0. The molecule has 4 rings (SSSR count). The SMILES string of the molecule is CN(c1nc(Nc2ccc(N3CCN(C(=O)OC(C)(C)C)CC3)cc2)ncc1Br)C1CCCO1.Cl. The first-order valence-corrected chi connectivity index (χ1v) is 12.5. The van der Waals surface area contributed by atoms with Gasteiger partial charge in [-0.1, -0.05) is 0 Å². The summed E-state index contributed by atoms with van der Waals surface area (Å²) in [6.45, 7) is 9.26. The van der Waals surface area contributed by atoms with Crippen molar-refractivity contribution in [2.75, 3.05) is 55.0 Å². The average Bonchev–Trinajstić information content (AvgIpc) is 3.34. The molecule has 35 heavy (non-hydrogen) atoms. The summed E-state index contributed by atoms with van der Waals surface area (Å²) >= 11 is 3.56. The van der Waals surface area contributed by atoms with E-state index in [2.05, 4.69) is 43.3 Å². The summed E-state index contributed by atoms with van der Waals surface area (Å²) in [4.78, 5) is 27.5. The highest BCUT2D eigenvalue weighted by atomic mass is 79.9. The van der Waals surface area contributed by atoms with Gasteiger partial charge in [0.05, 0.1) is 4.47 Å². The van der Waals surface area contributed by atoms with Gasteiger partial charge in [-0.2, -0.15) is 4.98 Å². The minimum Gasteiger partial charge on any atom is -0.444 e. The maximum absolute atomic E-state index is 12.3. The first-order chi connectivity index (χ1) is 16.2. The predicted octanol–water partition coefficient (Wildman–Crippen LogP) is 5.03. The molecule has 2 aromatic rings. The highest BCUT2D eigenvalue weighted by Crippen LogP contribution is 2.29. The normalized spacial score (nSPS) is 18.1. The molecular weight excluding hydrogens is 536 g/mol. The molecular formula is C24H34BrClN6O3. The molecule has 1 amide bonds. The lowest BCUT2D eigenvalue weighted by Crippen LogP contribution is -2.50. The van der Waals surface area contributed by atoms with Crippen LogP contribution < -0.4 is 15.1 Å². The molecule has 11 heteroatoms. The molecule has 2 saturated heterocycles. The van der Waals surface area contributed by atoms with E-state index in [9.17, 15) is 4.79 Å². The lowest BCUT2D eigenvalue weighted by Gasteiger charge is -2.36. The van der Waals surface area contributed by atoms with E-state index in [1.54, 1.807) is 11.1 Å². The standard InChI is InChI=1S/C24H33BrN6O3.ClH/c1-24(2,3)34-23(32)31-13-11-30(12-14-31)18-9-7-17(8-10-18)27-22-26-16-19(25)21(28-22)29(4)20-6-5-15-33-20;/h7-10,16,20H,5-6,11-15H2,1-4H3,(H,26,27,28);1H. The minimum atomic E-state index is -0.476. The number of nitrogens with one attached hydrogen (secondary N) is 1. The summed E-state index contributed by atoms with van der Waals surface area (Å²) in [5.41, 5.74) is 1.55. The third kappa shape index (κ3) is 7.11. The third-order valence-electron chi connectivity index (χ3n) is 5.82. The van der Waals surface area contributed by atoms with E-state index >= 15 is 0 Å². The molecule has 1 atom stereocenters. The van der Waals surface area contributed by atoms with E-state index in [-0.39, 0.29) is 24.7 Å². The molecule has 2 fully saturated rings. The van der Waals surface area contributed by atoms with Crippen molar-refractivity contribution in [3.63, 3.8) is 0 Å². The van der Waals surface area contributed by atoms with Crippen molar-refractivity contribution in [3.05, 3.63) is 34.9 Å². The van der Waals surface area contributed by atoms with Crippen molar-refractivity contribution in [2.24, 2.45) is 0 Å². The summed E-state index contributed by atoms with van der Waals surface area (Å²) in [5.74, 6) is 1.32. The van der Waals surface area contributed by atoms with Crippen LogP contribution in [0.3, 0.4) is 0 Å². The smallest absolute Gasteiger partial charge is 0.410 e. The molecule has 1 aromatic heterocycles. The number of hydrogen-bond donors (Lipinski definition) is 1. The molecule has 2 aliphatic heterocycles. The van der Waals surface area contributed by atoms with Crippen LogP contribution in [0.4, 0.5) is 27.9 Å². The van der Waals surface area contributed by atoms with Gasteiger partial charge in [-0.15, -0.1) is 12.4 Å². The fraction of sp³-hybridized carbons (Fsp3) is 0.542. The number of ether oxygens (including phenoxy) is 2. The largest absolute Gasteiger partial charge is 0.444 e. The molecule has 1 aromatic carbocycles. The van der Waals surface area contributed by atoms with Crippen LogP contribution in [0.25, 0.3) is 0 Å². The Morgan fingerprint density at radius 1 is 1.20 bits per heavy atom. The number of piperazine rings is 1. The Kier molecular flexibility index (Phi) is 9.06. The Labute approximate surface area is 221 Å². The predicted molar refractivity (Wildman–Crippen MR) is 144 cm³/mol. The molecule has 3 heterocycles. The van der Waals surface area contributed by atoms with Crippen LogP contribution >= 0.6 is 28.3 Å². The zero-order chi connectivity index (χ0) is 24.3. The summed E-state index contributed by atoms with van der Waals surface area (Å²) in [7, 11) is 1.99. The summed E-state index contributed by atoms with van der Waals surface area (Å²) in [6, 6.07) is 8.18. The van der Waals surface area contributed by atoms with Gasteiger partial charge in [-0.05, 0) is 73.8 Å². The third-order valence-corrected chi connectivity index (χ3v) is 6.38. The summed E-state index contributed by atoms with van der Waals surface area (Å²) in [5, 5.41) is 3.29. The van der Waals surface area contributed by atoms with E-state index < -0.39 is 5.60 Å². The topological polar surface area (TPSA) is 83.1 Å². The van der Waals surface area contributed by atoms with E-state index in [0.717, 1.165) is 54.2 Å². The summed E-state index contributed by atoms with van der Waals surface area (Å²) < 4.78 is 12.1. The van der Waals surface area contributed by atoms with Crippen molar-refractivity contribution in [1.82, 2.24) is 14.9 Å². The Morgan fingerprint density at radius 3 is 2.49 bits per heavy atom. The van der Waals surface area contributed by atoms with E-state index in [1.807, 2.05) is 44.9 Å². The molecule has 9 nitrogen and oxygen atoms in total. The highest BCUT2D eigenvalue weighted by molar-refractivity contribution is 9.10. The van der Waals surface area contributed by atoms with Crippen LogP contribution in [0.15, 0.2) is 34.9 Å². The number of anilines is 4. The van der Waals surface area contributed by atoms with Gasteiger partial charge in [0.2, 0.25) is 5.95 Å². The van der Waals surface area contributed by atoms with Crippen LogP contribution in [0.5, 0.6) is 0 Å². The quantitative estimate of drug-likeness (QED) is 0.537. The van der Waals surface area contributed by atoms with Crippen LogP contribution in [-0.4, -0.2) is 72.6 Å². The fourth-order valence-corrected chi connectivity index (χ4v) is 4.50. The maximum Gasteiger partial charge on any atom is 0.410 e. The average molecular weight is 570 g/mol. The van der Waals surface area contributed by atoms with E-state index in [4.69, 9.17) is 14.5 Å². The van der Waals surface area contributed by atoms with Crippen LogP contribution in [0, 0.1) is 0 Å². The second kappa shape index (κ2) is 11.6. The van der Waals surface area contributed by atoms with Gasteiger partial charge in [0.15, 0.2) is 0 Å². The molecule has 1 unspecified atom stereocenters. The number of benzene rings is 1. The number of carbonyl (C=O) groups excluding carboxylic acids is 1. The molecule has 0 aliphatic carbocycles. The Hall–Kier alpha value is -2.30. The highest BCUT2D eigenvalue weighted by Gasteiger charge is 2.26. The van der Waals surface area contributed by atoms with Gasteiger partial charge < -0.3 is 29.5 Å². The van der Waals surface area contributed by atoms with Crippen molar-refractivity contribution >= 4 is 57.6 Å². The van der Waals surface area contributed by atoms with Gasteiger partial charge in [0.1, 0.15) is 17.6 Å². The number of hydrogen-bond acceptors (Lipinski definition) is 8. The second-order valence-corrected chi connectivity index (χ2v) is 10.4. The number of halogens is 2. The van der Waals surface area contributed by atoms with E-state index in [0.29, 0.717) is 19.0 Å². The van der Waals surface area contributed by atoms with Gasteiger partial charge in [-0.25, -0.2) is 9.78 Å². The lowest BCUT2D eigenvalue weighted by molar-refractivity contribution is 0.0240. The zero-order valence-corrected chi connectivity index (χ0v) is 23.1. The van der Waals surface area contributed by atoms with Gasteiger partial charge in [0, 0.05) is 57.4 Å². The van der Waals surface area contributed by atoms with Gasteiger partial charge in [0.25, 0.3) is 0 Å². The monoisotopic (exact) mass is 568 g/mol. The molecule has 2 aliphatic rings.